The second-order valence-corrected chi connectivity index (χ2v) is 10.1. The predicted octanol–water partition coefficient (Wildman–Crippen LogP) is 6.01. The van der Waals surface area contributed by atoms with E-state index in [0.29, 0.717) is 29.2 Å². The Kier molecular flexibility index (Phi) is 10.6. The van der Waals surface area contributed by atoms with Crippen molar-refractivity contribution >= 4 is 39.9 Å². The average Bonchev–Trinajstić information content (AvgIpc) is 3.23. The van der Waals surface area contributed by atoms with Gasteiger partial charge in [-0.15, -0.1) is 11.3 Å². The lowest BCUT2D eigenvalue weighted by atomic mass is 9.88. The van der Waals surface area contributed by atoms with Gasteiger partial charge in [0, 0.05) is 4.88 Å². The molecular weight excluding hydrogens is 502 g/mol. The number of carbonyl (C=O) groups excluding carboxylic acids is 3. The summed E-state index contributed by atoms with van der Waals surface area (Å²) in [4.78, 5) is 43.1. The molecule has 0 aliphatic rings. The molecule has 0 radical (unpaired) electrons. The van der Waals surface area contributed by atoms with Gasteiger partial charge in [0.1, 0.15) is 5.60 Å². The Labute approximate surface area is 227 Å². The largest absolute Gasteiger partial charge is 0.454 e. The van der Waals surface area contributed by atoms with Crippen molar-refractivity contribution in [2.75, 3.05) is 23.8 Å². The molecule has 0 bridgehead atoms. The average molecular weight is 538 g/mol. The molecule has 0 saturated carbocycles. The van der Waals surface area contributed by atoms with Crippen LogP contribution in [0.1, 0.15) is 66.0 Å². The highest BCUT2D eigenvalue weighted by atomic mass is 32.1. The van der Waals surface area contributed by atoms with Gasteiger partial charge in [-0.3, -0.25) is 19.7 Å². The zero-order chi connectivity index (χ0) is 27.5. The summed E-state index contributed by atoms with van der Waals surface area (Å²) in [5.41, 5.74) is 1.92. The molecule has 1 aromatic heterocycles. The first-order chi connectivity index (χ1) is 18.3. The molecule has 3 rings (SSSR count). The molecule has 1 heterocycles. The fraction of sp³-hybridized carbons (Fsp3) is 0.379. The molecule has 2 amide bonds. The summed E-state index contributed by atoms with van der Waals surface area (Å²) in [5.74, 6) is -0.989. The SMILES string of the molecule is CCC(CC)(OC(=O)CCOCCC(=O)Nc1ccccc1C(=O)Nc1nc(C)c(C)s1)c1ccccc1. The number of amides is 2. The van der Waals surface area contributed by atoms with Crippen molar-refractivity contribution in [1.82, 2.24) is 4.98 Å². The molecule has 3 aromatic rings. The van der Waals surface area contributed by atoms with Crippen LogP contribution < -0.4 is 10.6 Å². The molecule has 202 valence electrons. The summed E-state index contributed by atoms with van der Waals surface area (Å²) in [7, 11) is 0. The van der Waals surface area contributed by atoms with Crippen molar-refractivity contribution < 1.29 is 23.9 Å². The molecule has 38 heavy (non-hydrogen) atoms. The number of hydrogen-bond acceptors (Lipinski definition) is 7. The monoisotopic (exact) mass is 537 g/mol. The van der Waals surface area contributed by atoms with E-state index in [0.717, 1.165) is 16.1 Å². The van der Waals surface area contributed by atoms with Crippen LogP contribution in [0.5, 0.6) is 0 Å². The summed E-state index contributed by atoms with van der Waals surface area (Å²) in [6.07, 6.45) is 1.51. The Balaban J connectivity index is 1.44. The lowest BCUT2D eigenvalue weighted by molar-refractivity contribution is -0.163. The van der Waals surface area contributed by atoms with Gasteiger partial charge in [0.05, 0.1) is 43.0 Å². The first-order valence-electron chi connectivity index (χ1n) is 12.8. The Morgan fingerprint density at radius 3 is 2.21 bits per heavy atom. The minimum Gasteiger partial charge on any atom is -0.454 e. The van der Waals surface area contributed by atoms with Crippen LogP contribution in [0.2, 0.25) is 0 Å². The number of nitrogens with one attached hydrogen (secondary N) is 2. The maximum absolute atomic E-state index is 12.8. The number of rotatable bonds is 13. The van der Waals surface area contributed by atoms with E-state index >= 15 is 0 Å². The van der Waals surface area contributed by atoms with E-state index in [1.807, 2.05) is 58.0 Å². The first kappa shape index (κ1) is 29.0. The van der Waals surface area contributed by atoms with Gasteiger partial charge in [0.15, 0.2) is 5.13 Å². The second kappa shape index (κ2) is 13.8. The smallest absolute Gasteiger partial charge is 0.309 e. The molecule has 9 heteroatoms. The highest BCUT2D eigenvalue weighted by molar-refractivity contribution is 7.15. The molecule has 0 unspecified atom stereocenters. The van der Waals surface area contributed by atoms with Crippen LogP contribution in [0.4, 0.5) is 10.8 Å². The number of ether oxygens (including phenoxy) is 2. The number of thiazole rings is 1. The third-order valence-electron chi connectivity index (χ3n) is 6.37. The van der Waals surface area contributed by atoms with Gasteiger partial charge < -0.3 is 14.8 Å². The zero-order valence-electron chi connectivity index (χ0n) is 22.3. The van der Waals surface area contributed by atoms with E-state index in [4.69, 9.17) is 9.47 Å². The molecule has 0 aliphatic carbocycles. The number of carbonyl (C=O) groups is 3. The van der Waals surface area contributed by atoms with Gasteiger partial charge in [-0.25, -0.2) is 4.98 Å². The van der Waals surface area contributed by atoms with Gasteiger partial charge in [0.25, 0.3) is 5.91 Å². The summed E-state index contributed by atoms with van der Waals surface area (Å²) in [5, 5.41) is 6.07. The van der Waals surface area contributed by atoms with E-state index in [2.05, 4.69) is 15.6 Å². The van der Waals surface area contributed by atoms with Crippen molar-refractivity contribution in [2.45, 2.75) is 59.0 Å². The second-order valence-electron chi connectivity index (χ2n) is 8.86. The topological polar surface area (TPSA) is 107 Å². The third-order valence-corrected chi connectivity index (χ3v) is 7.36. The number of aromatic nitrogens is 1. The molecule has 0 saturated heterocycles. The highest BCUT2D eigenvalue weighted by Gasteiger charge is 2.32. The minimum atomic E-state index is -0.658. The highest BCUT2D eigenvalue weighted by Crippen LogP contribution is 2.33. The van der Waals surface area contributed by atoms with Crippen molar-refractivity contribution in [2.24, 2.45) is 0 Å². The van der Waals surface area contributed by atoms with E-state index < -0.39 is 5.60 Å². The number of nitrogens with zero attached hydrogens (tertiary/aromatic N) is 1. The zero-order valence-corrected chi connectivity index (χ0v) is 23.2. The maximum atomic E-state index is 12.8. The van der Waals surface area contributed by atoms with Crippen LogP contribution in [0.25, 0.3) is 0 Å². The molecule has 0 spiro atoms. The standard InChI is InChI=1S/C29H35N3O5S/c1-5-29(6-2,22-12-8-7-9-13-22)37-26(34)17-19-36-18-16-25(33)31-24-15-11-10-14-23(24)27(35)32-28-30-20(3)21(4)38-28/h7-15H,5-6,16-19H2,1-4H3,(H,31,33)(H,30,32,35). The number of esters is 1. The van der Waals surface area contributed by atoms with Crippen molar-refractivity contribution in [3.05, 3.63) is 76.3 Å². The minimum absolute atomic E-state index is 0.0771. The number of benzene rings is 2. The van der Waals surface area contributed by atoms with Crippen LogP contribution in [0.15, 0.2) is 54.6 Å². The summed E-state index contributed by atoms with van der Waals surface area (Å²) < 4.78 is 11.4. The Morgan fingerprint density at radius 1 is 0.895 bits per heavy atom. The van der Waals surface area contributed by atoms with Gasteiger partial charge in [-0.1, -0.05) is 56.3 Å². The Bertz CT molecular complexity index is 1220. The van der Waals surface area contributed by atoms with Gasteiger partial charge in [-0.05, 0) is 44.4 Å². The van der Waals surface area contributed by atoms with Crippen molar-refractivity contribution in [1.29, 1.82) is 0 Å². The maximum Gasteiger partial charge on any atom is 0.309 e. The van der Waals surface area contributed by atoms with Gasteiger partial charge in [0.2, 0.25) is 5.91 Å². The molecule has 0 fully saturated rings. The Hall–Kier alpha value is -3.56. The first-order valence-corrected chi connectivity index (χ1v) is 13.6. The molecule has 2 aromatic carbocycles. The molecular formula is C29H35N3O5S. The molecule has 8 nitrogen and oxygen atoms in total. The third kappa shape index (κ3) is 7.72. The lowest BCUT2D eigenvalue weighted by Gasteiger charge is -2.32. The van der Waals surface area contributed by atoms with E-state index in [1.165, 1.54) is 11.3 Å². The number of aryl methyl sites for hydroxylation is 2. The van der Waals surface area contributed by atoms with Crippen molar-refractivity contribution in [3.8, 4) is 0 Å². The lowest BCUT2D eigenvalue weighted by Crippen LogP contribution is -2.31. The fourth-order valence-corrected chi connectivity index (χ4v) is 4.80. The van der Waals surface area contributed by atoms with Gasteiger partial charge in [-0.2, -0.15) is 0 Å². The van der Waals surface area contributed by atoms with Crippen LogP contribution >= 0.6 is 11.3 Å². The van der Waals surface area contributed by atoms with Crippen LogP contribution in [0.3, 0.4) is 0 Å². The van der Waals surface area contributed by atoms with Crippen LogP contribution in [-0.4, -0.2) is 36.0 Å². The predicted molar refractivity (Wildman–Crippen MR) is 149 cm³/mol. The molecule has 0 atom stereocenters. The Morgan fingerprint density at radius 2 is 1.55 bits per heavy atom. The quantitative estimate of drug-likeness (QED) is 0.204. The fourth-order valence-electron chi connectivity index (χ4n) is 3.99. The molecule has 2 N–H and O–H groups in total. The van der Waals surface area contributed by atoms with Gasteiger partial charge >= 0.3 is 5.97 Å². The summed E-state index contributed by atoms with van der Waals surface area (Å²) >= 11 is 1.40. The summed E-state index contributed by atoms with van der Waals surface area (Å²) in [6, 6.07) is 16.5. The van der Waals surface area contributed by atoms with E-state index in [-0.39, 0.29) is 43.8 Å². The van der Waals surface area contributed by atoms with Crippen LogP contribution in [0, 0.1) is 13.8 Å². The number of anilines is 2. The number of hydrogen-bond donors (Lipinski definition) is 2. The normalized spacial score (nSPS) is 11.2. The summed E-state index contributed by atoms with van der Waals surface area (Å²) in [6.45, 7) is 8.11. The van der Waals surface area contributed by atoms with Crippen molar-refractivity contribution in [3.63, 3.8) is 0 Å². The molecule has 0 aliphatic heterocycles. The van der Waals surface area contributed by atoms with E-state index in [9.17, 15) is 14.4 Å². The van der Waals surface area contributed by atoms with Crippen LogP contribution in [-0.2, 0) is 24.7 Å². The number of para-hydroxylation sites is 1. The van der Waals surface area contributed by atoms with E-state index in [1.54, 1.807) is 24.3 Å².